The van der Waals surface area contributed by atoms with E-state index in [-0.39, 0.29) is 23.7 Å². The van der Waals surface area contributed by atoms with Gasteiger partial charge in [-0.2, -0.15) is 0 Å². The Labute approximate surface area is 172 Å². The molecule has 1 fully saturated rings. The van der Waals surface area contributed by atoms with Crippen LogP contribution in [0.3, 0.4) is 0 Å². The predicted molar refractivity (Wildman–Crippen MR) is 113 cm³/mol. The van der Waals surface area contributed by atoms with Crippen LogP contribution in [0, 0.1) is 11.8 Å². The number of ether oxygens (including phenoxy) is 1. The maximum Gasteiger partial charge on any atom is 0.414 e. The first-order valence-electron chi connectivity index (χ1n) is 10.2. The summed E-state index contributed by atoms with van der Waals surface area (Å²) >= 11 is 0. The third-order valence-electron chi connectivity index (χ3n) is 6.60. The summed E-state index contributed by atoms with van der Waals surface area (Å²) in [6.45, 7) is 8.51. The predicted octanol–water partition coefficient (Wildman–Crippen LogP) is 5.05. The lowest BCUT2D eigenvalue weighted by molar-refractivity contribution is -0.120. The number of allylic oxidation sites excluding steroid dienone is 2. The number of cyclic esters (lactones) is 1. The van der Waals surface area contributed by atoms with E-state index in [1.807, 2.05) is 55.5 Å². The van der Waals surface area contributed by atoms with E-state index in [9.17, 15) is 9.59 Å². The lowest BCUT2D eigenvalue weighted by Crippen LogP contribution is -2.39. The average molecular weight is 389 g/mol. The number of carbonyl (C=O) groups is 2. The highest BCUT2D eigenvalue weighted by atomic mass is 16.6. The molecule has 29 heavy (non-hydrogen) atoms. The minimum atomic E-state index is -0.542. The first-order valence-corrected chi connectivity index (χ1v) is 10.2. The van der Waals surface area contributed by atoms with Gasteiger partial charge in [-0.1, -0.05) is 88.4 Å². The summed E-state index contributed by atoms with van der Waals surface area (Å²) in [5.74, 6) is -0.117. The normalized spacial score (nSPS) is 27.1. The van der Waals surface area contributed by atoms with Crippen molar-refractivity contribution in [1.82, 2.24) is 4.90 Å². The maximum atomic E-state index is 13.7. The lowest BCUT2D eigenvalue weighted by Gasteiger charge is -2.33. The second-order valence-corrected chi connectivity index (χ2v) is 8.50. The van der Waals surface area contributed by atoms with Crippen LogP contribution in [0.15, 0.2) is 66.4 Å². The van der Waals surface area contributed by atoms with Gasteiger partial charge in [0.05, 0.1) is 11.7 Å². The van der Waals surface area contributed by atoms with Crippen LogP contribution >= 0.6 is 0 Å². The van der Waals surface area contributed by atoms with Crippen molar-refractivity contribution in [1.29, 1.82) is 0 Å². The Morgan fingerprint density at radius 2 is 1.59 bits per heavy atom. The molecule has 1 amide bonds. The van der Waals surface area contributed by atoms with E-state index in [1.54, 1.807) is 4.90 Å². The molecular weight excluding hydrogens is 362 g/mol. The summed E-state index contributed by atoms with van der Waals surface area (Å²) in [6, 6.07) is 19.9. The van der Waals surface area contributed by atoms with Gasteiger partial charge in [0.2, 0.25) is 0 Å². The van der Waals surface area contributed by atoms with Crippen molar-refractivity contribution in [2.45, 2.75) is 39.2 Å². The van der Waals surface area contributed by atoms with Crippen LogP contribution in [0.25, 0.3) is 5.57 Å². The molecule has 0 unspecified atom stereocenters. The highest BCUT2D eigenvalue weighted by molar-refractivity contribution is 6.13. The van der Waals surface area contributed by atoms with Gasteiger partial charge in [0, 0.05) is 11.3 Å². The van der Waals surface area contributed by atoms with Crippen molar-refractivity contribution >= 4 is 17.4 Å². The minimum Gasteiger partial charge on any atom is -0.447 e. The molecule has 4 rings (SSSR count). The number of carbonyl (C=O) groups excluding carboxylic acids is 2. The van der Waals surface area contributed by atoms with E-state index in [4.69, 9.17) is 4.74 Å². The van der Waals surface area contributed by atoms with Gasteiger partial charge in [-0.25, -0.2) is 4.79 Å². The van der Waals surface area contributed by atoms with E-state index in [0.717, 1.165) is 16.7 Å². The first-order chi connectivity index (χ1) is 13.9. The monoisotopic (exact) mass is 389 g/mol. The zero-order valence-electron chi connectivity index (χ0n) is 17.4. The van der Waals surface area contributed by atoms with Gasteiger partial charge >= 0.3 is 6.09 Å². The molecule has 3 atom stereocenters. The fourth-order valence-electron chi connectivity index (χ4n) is 4.70. The molecule has 4 nitrogen and oxygen atoms in total. The fourth-order valence-corrected chi connectivity index (χ4v) is 4.70. The zero-order valence-corrected chi connectivity index (χ0v) is 17.4. The van der Waals surface area contributed by atoms with Gasteiger partial charge in [0.15, 0.2) is 5.78 Å². The fraction of sp³-hybridized carbons (Fsp3) is 0.360. The summed E-state index contributed by atoms with van der Waals surface area (Å²) < 4.78 is 5.39. The van der Waals surface area contributed by atoms with Crippen molar-refractivity contribution in [2.24, 2.45) is 11.8 Å². The molecule has 0 bridgehead atoms. The Hall–Kier alpha value is -2.88. The number of ketones is 1. The molecule has 0 saturated carbocycles. The molecule has 1 saturated heterocycles. The standard InChI is InChI=1S/C25H27NO3/c1-16(2)20-15-29-24(28)26(20)22-21(18-11-7-5-8-12-18)25(4,17(3)23(22)27)19-13-9-6-10-14-19/h5-14,16-17,20H,15H2,1-4H3/t17-,20-,25+/m1/s1. The number of nitrogens with zero attached hydrogens (tertiary/aromatic N) is 1. The third-order valence-corrected chi connectivity index (χ3v) is 6.60. The zero-order chi connectivity index (χ0) is 20.8. The molecule has 4 heteroatoms. The second kappa shape index (κ2) is 7.18. The molecule has 1 aliphatic carbocycles. The van der Waals surface area contributed by atoms with Crippen molar-refractivity contribution in [3.8, 4) is 0 Å². The van der Waals surface area contributed by atoms with Crippen LogP contribution in [0.5, 0.6) is 0 Å². The summed E-state index contributed by atoms with van der Waals surface area (Å²) in [4.78, 5) is 28.1. The van der Waals surface area contributed by atoms with Gasteiger partial charge in [-0.3, -0.25) is 9.69 Å². The van der Waals surface area contributed by atoms with Crippen LogP contribution in [-0.4, -0.2) is 29.4 Å². The van der Waals surface area contributed by atoms with Gasteiger partial charge in [-0.05, 0) is 22.6 Å². The number of Topliss-reactive ketones (excluding diaryl/α,β-unsaturated/α-hetero) is 1. The number of hydrogen-bond acceptors (Lipinski definition) is 3. The van der Waals surface area contributed by atoms with Gasteiger partial charge in [0.25, 0.3) is 0 Å². The summed E-state index contributed by atoms with van der Waals surface area (Å²) in [5, 5.41) is 0. The topological polar surface area (TPSA) is 46.6 Å². The van der Waals surface area contributed by atoms with Gasteiger partial charge in [-0.15, -0.1) is 0 Å². The number of rotatable bonds is 4. The smallest absolute Gasteiger partial charge is 0.414 e. The molecule has 0 N–H and O–H groups in total. The van der Waals surface area contributed by atoms with E-state index < -0.39 is 11.5 Å². The van der Waals surface area contributed by atoms with Crippen molar-refractivity contribution in [3.63, 3.8) is 0 Å². The largest absolute Gasteiger partial charge is 0.447 e. The van der Waals surface area contributed by atoms with Crippen LogP contribution < -0.4 is 0 Å². The average Bonchev–Trinajstić information content (AvgIpc) is 3.21. The molecule has 2 aliphatic rings. The number of hydrogen-bond donors (Lipinski definition) is 0. The second-order valence-electron chi connectivity index (χ2n) is 8.50. The van der Waals surface area contributed by atoms with E-state index >= 15 is 0 Å². The van der Waals surface area contributed by atoms with Crippen molar-refractivity contribution < 1.29 is 14.3 Å². The molecule has 1 heterocycles. The summed E-state index contributed by atoms with van der Waals surface area (Å²) in [6.07, 6.45) is -0.426. The van der Waals surface area contributed by atoms with Crippen LogP contribution in [0.1, 0.15) is 38.8 Å². The third kappa shape index (κ3) is 2.89. The highest BCUT2D eigenvalue weighted by Crippen LogP contribution is 2.53. The number of amides is 1. The molecule has 0 radical (unpaired) electrons. The SMILES string of the molecule is CC(C)[C@H]1COC(=O)N1C1=C(c2ccccc2)[C@](C)(c2ccccc2)[C@H](C)C1=O. The molecule has 1 aliphatic heterocycles. The Morgan fingerprint density at radius 1 is 1.00 bits per heavy atom. The molecule has 0 spiro atoms. The van der Waals surface area contributed by atoms with Crippen molar-refractivity contribution in [2.75, 3.05) is 6.61 Å². The number of benzene rings is 2. The highest BCUT2D eigenvalue weighted by Gasteiger charge is 2.54. The Morgan fingerprint density at radius 3 is 2.17 bits per heavy atom. The molecule has 2 aromatic carbocycles. The Balaban J connectivity index is 2.02. The van der Waals surface area contributed by atoms with E-state index in [1.165, 1.54) is 0 Å². The van der Waals surface area contributed by atoms with Crippen LogP contribution in [0.2, 0.25) is 0 Å². The lowest BCUT2D eigenvalue weighted by atomic mass is 9.69. The quantitative estimate of drug-likeness (QED) is 0.735. The van der Waals surface area contributed by atoms with Crippen LogP contribution in [-0.2, 0) is 14.9 Å². The molecular formula is C25H27NO3. The van der Waals surface area contributed by atoms with E-state index in [0.29, 0.717) is 12.3 Å². The molecule has 0 aromatic heterocycles. The molecule has 150 valence electrons. The van der Waals surface area contributed by atoms with Crippen LogP contribution in [0.4, 0.5) is 4.79 Å². The minimum absolute atomic E-state index is 0.000272. The van der Waals surface area contributed by atoms with Gasteiger partial charge < -0.3 is 4.74 Å². The Bertz CT molecular complexity index is 964. The van der Waals surface area contributed by atoms with E-state index in [2.05, 4.69) is 32.9 Å². The summed E-state index contributed by atoms with van der Waals surface area (Å²) in [7, 11) is 0. The maximum absolute atomic E-state index is 13.7. The summed E-state index contributed by atoms with van der Waals surface area (Å²) in [5.41, 5.74) is 2.90. The first kappa shape index (κ1) is 19.4. The van der Waals surface area contributed by atoms with Crippen molar-refractivity contribution in [3.05, 3.63) is 77.5 Å². The Kier molecular flexibility index (Phi) is 4.81. The van der Waals surface area contributed by atoms with Gasteiger partial charge in [0.1, 0.15) is 6.61 Å². The molecule has 2 aromatic rings.